The van der Waals surface area contributed by atoms with Crippen LogP contribution in [0.2, 0.25) is 5.02 Å². The fraction of sp³-hybridized carbons (Fsp3) is 0.0769. The summed E-state index contributed by atoms with van der Waals surface area (Å²) in [4.78, 5) is 0.896. The zero-order chi connectivity index (χ0) is 14.8. The van der Waals surface area contributed by atoms with E-state index in [0.29, 0.717) is 11.5 Å². The van der Waals surface area contributed by atoms with Gasteiger partial charge in [0.05, 0.1) is 9.92 Å². The minimum Gasteiger partial charge on any atom is -0.455 e. The van der Waals surface area contributed by atoms with Crippen molar-refractivity contribution >= 4 is 43.1 Å². The highest BCUT2D eigenvalue weighted by Gasteiger charge is 2.14. The third kappa shape index (κ3) is 3.61. The average Bonchev–Trinajstić information content (AvgIpc) is 2.40. The van der Waals surface area contributed by atoms with Gasteiger partial charge in [-0.2, -0.15) is 0 Å². The molecule has 106 valence electrons. The van der Waals surface area contributed by atoms with Crippen LogP contribution in [-0.4, -0.2) is 14.7 Å². The highest BCUT2D eigenvalue weighted by Crippen LogP contribution is 2.36. The first-order valence-corrected chi connectivity index (χ1v) is 9.38. The summed E-state index contributed by atoms with van der Waals surface area (Å²) >= 11 is 7.57. The van der Waals surface area contributed by atoms with E-state index in [1.807, 2.05) is 30.5 Å². The predicted molar refractivity (Wildman–Crippen MR) is 82.8 cm³/mol. The molecule has 0 N–H and O–H groups in total. The van der Waals surface area contributed by atoms with Gasteiger partial charge in [0.15, 0.2) is 0 Å². The molecule has 0 amide bonds. The van der Waals surface area contributed by atoms with Crippen molar-refractivity contribution in [3.63, 3.8) is 0 Å². The molecule has 3 nitrogen and oxygen atoms in total. The smallest absolute Gasteiger partial charge is 0.261 e. The molecule has 0 saturated carbocycles. The summed E-state index contributed by atoms with van der Waals surface area (Å²) in [6.07, 6.45) is 1.94. The number of halogens is 2. The lowest BCUT2D eigenvalue weighted by molar-refractivity contribution is 0.471. The van der Waals surface area contributed by atoms with Crippen LogP contribution >= 0.6 is 34.0 Å². The first-order valence-electron chi connectivity index (χ1n) is 5.47. The monoisotopic (exact) mass is 348 g/mol. The summed E-state index contributed by atoms with van der Waals surface area (Å²) in [6, 6.07) is 11.6. The lowest BCUT2D eigenvalue weighted by atomic mass is 10.3. The Morgan fingerprint density at radius 3 is 2.40 bits per heavy atom. The van der Waals surface area contributed by atoms with Crippen LogP contribution in [0.1, 0.15) is 0 Å². The normalized spacial score (nSPS) is 11.3. The van der Waals surface area contributed by atoms with Crippen LogP contribution in [0.25, 0.3) is 0 Å². The molecule has 20 heavy (non-hydrogen) atoms. The standard InChI is InChI=1S/C13H10Cl2O3S2/c1-19-13-5-3-2-4-12(13)18-11-7-6-9(8-10(11)14)20(15,16)17/h2-8H,1H3. The van der Waals surface area contributed by atoms with E-state index in [2.05, 4.69) is 0 Å². The van der Waals surface area contributed by atoms with E-state index in [4.69, 9.17) is 27.0 Å². The first kappa shape index (κ1) is 15.5. The Hall–Kier alpha value is -0.880. The van der Waals surface area contributed by atoms with Crippen LogP contribution in [0.3, 0.4) is 0 Å². The Kier molecular flexibility index (Phi) is 4.86. The number of hydrogen-bond donors (Lipinski definition) is 0. The molecule has 0 aliphatic carbocycles. The van der Waals surface area contributed by atoms with Crippen molar-refractivity contribution in [2.24, 2.45) is 0 Å². The van der Waals surface area contributed by atoms with E-state index in [-0.39, 0.29) is 9.92 Å². The van der Waals surface area contributed by atoms with Crippen molar-refractivity contribution < 1.29 is 13.2 Å². The lowest BCUT2D eigenvalue weighted by Crippen LogP contribution is -1.92. The Morgan fingerprint density at radius 2 is 1.80 bits per heavy atom. The summed E-state index contributed by atoms with van der Waals surface area (Å²) < 4.78 is 28.1. The topological polar surface area (TPSA) is 43.4 Å². The van der Waals surface area contributed by atoms with Crippen LogP contribution in [0.5, 0.6) is 11.5 Å². The second kappa shape index (κ2) is 6.26. The molecule has 0 spiro atoms. The quantitative estimate of drug-likeness (QED) is 0.588. The highest BCUT2D eigenvalue weighted by atomic mass is 35.7. The van der Waals surface area contributed by atoms with E-state index >= 15 is 0 Å². The van der Waals surface area contributed by atoms with Crippen molar-refractivity contribution in [2.45, 2.75) is 9.79 Å². The van der Waals surface area contributed by atoms with Gasteiger partial charge >= 0.3 is 0 Å². The molecular formula is C13H10Cl2O3S2. The maximum atomic E-state index is 11.2. The number of ether oxygens (including phenoxy) is 1. The van der Waals surface area contributed by atoms with Gasteiger partial charge in [0.1, 0.15) is 11.5 Å². The van der Waals surface area contributed by atoms with Gasteiger partial charge < -0.3 is 4.74 Å². The van der Waals surface area contributed by atoms with Crippen molar-refractivity contribution in [1.29, 1.82) is 0 Å². The number of thioether (sulfide) groups is 1. The highest BCUT2D eigenvalue weighted by molar-refractivity contribution is 8.13. The maximum Gasteiger partial charge on any atom is 0.261 e. The number of benzene rings is 2. The van der Waals surface area contributed by atoms with Crippen molar-refractivity contribution in [3.8, 4) is 11.5 Å². The number of para-hydroxylation sites is 1. The summed E-state index contributed by atoms with van der Waals surface area (Å²) in [7, 11) is 1.46. The second-order valence-electron chi connectivity index (χ2n) is 3.78. The average molecular weight is 349 g/mol. The molecule has 0 unspecified atom stereocenters. The molecule has 2 aromatic carbocycles. The number of hydrogen-bond acceptors (Lipinski definition) is 4. The van der Waals surface area contributed by atoms with E-state index in [0.717, 1.165) is 4.90 Å². The molecule has 0 radical (unpaired) electrons. The van der Waals surface area contributed by atoms with Crippen LogP contribution < -0.4 is 4.74 Å². The van der Waals surface area contributed by atoms with Crippen LogP contribution in [0.15, 0.2) is 52.3 Å². The molecule has 0 fully saturated rings. The van der Waals surface area contributed by atoms with Gasteiger partial charge in [-0.25, -0.2) is 8.42 Å². The van der Waals surface area contributed by atoms with Gasteiger partial charge in [0, 0.05) is 15.6 Å². The van der Waals surface area contributed by atoms with Crippen molar-refractivity contribution in [1.82, 2.24) is 0 Å². The van der Waals surface area contributed by atoms with E-state index in [1.54, 1.807) is 11.8 Å². The van der Waals surface area contributed by atoms with Gasteiger partial charge in [-0.1, -0.05) is 23.7 Å². The SMILES string of the molecule is CSc1ccccc1Oc1ccc(S(=O)(=O)Cl)cc1Cl. The maximum absolute atomic E-state index is 11.2. The summed E-state index contributed by atoms with van der Waals surface area (Å²) in [5.41, 5.74) is 0. The Balaban J connectivity index is 2.35. The minimum absolute atomic E-state index is 0.0605. The van der Waals surface area contributed by atoms with E-state index in [1.165, 1.54) is 18.2 Å². The molecular weight excluding hydrogens is 339 g/mol. The van der Waals surface area contributed by atoms with Crippen molar-refractivity contribution in [3.05, 3.63) is 47.5 Å². The Labute approximate surface area is 131 Å². The first-order chi connectivity index (χ1) is 9.41. The van der Waals surface area contributed by atoms with Gasteiger partial charge in [0.2, 0.25) is 0 Å². The predicted octanol–water partition coefficient (Wildman–Crippen LogP) is 4.78. The molecule has 0 saturated heterocycles. The Morgan fingerprint density at radius 1 is 1.10 bits per heavy atom. The molecule has 0 atom stereocenters. The van der Waals surface area contributed by atoms with Crippen LogP contribution in [0.4, 0.5) is 0 Å². The largest absolute Gasteiger partial charge is 0.455 e. The molecule has 7 heteroatoms. The molecule has 2 rings (SSSR count). The molecule has 2 aromatic rings. The summed E-state index contributed by atoms with van der Waals surface area (Å²) in [5.74, 6) is 1.03. The van der Waals surface area contributed by atoms with E-state index < -0.39 is 9.05 Å². The molecule has 0 aliphatic heterocycles. The van der Waals surface area contributed by atoms with Gasteiger partial charge in [-0.05, 0) is 36.6 Å². The minimum atomic E-state index is -3.80. The number of rotatable bonds is 4. The van der Waals surface area contributed by atoms with Crippen molar-refractivity contribution in [2.75, 3.05) is 6.26 Å². The zero-order valence-electron chi connectivity index (χ0n) is 10.3. The fourth-order valence-electron chi connectivity index (χ4n) is 1.54. The molecule has 0 heterocycles. The molecule has 0 bridgehead atoms. The molecule has 0 aliphatic rings. The van der Waals surface area contributed by atoms with Gasteiger partial charge in [-0.15, -0.1) is 11.8 Å². The summed E-state index contributed by atoms with van der Waals surface area (Å²) in [5, 5.41) is 0.183. The van der Waals surface area contributed by atoms with Gasteiger partial charge in [0.25, 0.3) is 9.05 Å². The molecule has 0 aromatic heterocycles. The summed E-state index contributed by atoms with van der Waals surface area (Å²) in [6.45, 7) is 0. The second-order valence-corrected chi connectivity index (χ2v) is 7.60. The third-order valence-corrected chi connectivity index (χ3v) is 4.90. The van der Waals surface area contributed by atoms with Gasteiger partial charge in [-0.3, -0.25) is 0 Å². The van der Waals surface area contributed by atoms with Crippen LogP contribution in [0, 0.1) is 0 Å². The Bertz CT molecular complexity index is 730. The third-order valence-electron chi connectivity index (χ3n) is 2.47. The van der Waals surface area contributed by atoms with E-state index in [9.17, 15) is 8.42 Å². The lowest BCUT2D eigenvalue weighted by Gasteiger charge is -2.11. The zero-order valence-corrected chi connectivity index (χ0v) is 13.5. The van der Waals surface area contributed by atoms with Crippen LogP contribution in [-0.2, 0) is 9.05 Å². The fourth-order valence-corrected chi connectivity index (χ4v) is 3.12.